The number of aromatic nitrogens is 2. The third kappa shape index (κ3) is 2.91. The molecule has 170 valence electrons. The van der Waals surface area contributed by atoms with Gasteiger partial charge in [0.05, 0.1) is 11.0 Å². The fourth-order valence-electron chi connectivity index (χ4n) is 7.86. The molecule has 7 rings (SSSR count). The molecule has 0 amide bonds. The molecular weight excluding hydrogens is 402 g/mol. The molecule has 0 radical (unpaired) electrons. The molecule has 2 unspecified atom stereocenters. The predicted octanol–water partition coefficient (Wildman–Crippen LogP) is 4.33. The largest absolute Gasteiger partial charge is 0.476 e. The van der Waals surface area contributed by atoms with Crippen molar-refractivity contribution < 1.29 is 9.90 Å². The summed E-state index contributed by atoms with van der Waals surface area (Å²) in [6.07, 6.45) is 8.40. The van der Waals surface area contributed by atoms with Crippen molar-refractivity contribution in [3.05, 3.63) is 40.3 Å². The molecule has 0 spiro atoms. The van der Waals surface area contributed by atoms with Crippen molar-refractivity contribution in [3.8, 4) is 0 Å². The second-order valence-corrected chi connectivity index (χ2v) is 11.3. The smallest absolute Gasteiger partial charge is 0.360 e. The van der Waals surface area contributed by atoms with Gasteiger partial charge in [0.15, 0.2) is 0 Å². The molecule has 1 aromatic carbocycles. The van der Waals surface area contributed by atoms with Crippen LogP contribution in [0, 0.1) is 23.2 Å². The van der Waals surface area contributed by atoms with Crippen molar-refractivity contribution in [1.29, 1.82) is 0 Å². The Morgan fingerprint density at radius 2 is 1.78 bits per heavy atom. The molecule has 6 nitrogen and oxygen atoms in total. The highest BCUT2D eigenvalue weighted by molar-refractivity contribution is 5.88. The zero-order chi connectivity index (χ0) is 22.2. The first-order chi connectivity index (χ1) is 15.3. The zero-order valence-electron chi connectivity index (χ0n) is 19.0. The summed E-state index contributed by atoms with van der Waals surface area (Å²) in [5, 5.41) is 9.58. The normalized spacial score (nSPS) is 35.6. The number of carboxylic acids is 1. The molecule has 3 saturated carbocycles. The Hall–Kier alpha value is -2.21. The highest BCUT2D eigenvalue weighted by atomic mass is 16.4. The van der Waals surface area contributed by atoms with Gasteiger partial charge in [0.1, 0.15) is 0 Å². The monoisotopic (exact) mass is 435 g/mol. The summed E-state index contributed by atoms with van der Waals surface area (Å²) in [7, 11) is 0. The second kappa shape index (κ2) is 7.14. The summed E-state index contributed by atoms with van der Waals surface area (Å²) in [6, 6.07) is 8.48. The minimum Gasteiger partial charge on any atom is -0.476 e. The lowest BCUT2D eigenvalue weighted by atomic mass is 9.45. The van der Waals surface area contributed by atoms with Gasteiger partial charge in [0.2, 0.25) is 5.69 Å². The van der Waals surface area contributed by atoms with Crippen LogP contribution in [0.4, 0.5) is 0 Å². The van der Waals surface area contributed by atoms with E-state index in [4.69, 9.17) is 0 Å². The fourth-order valence-corrected chi connectivity index (χ4v) is 7.86. The average Bonchev–Trinajstić information content (AvgIpc) is 3.00. The number of fused-ring (bicyclic) bond motifs is 5. The van der Waals surface area contributed by atoms with Crippen LogP contribution in [0.3, 0.4) is 0 Å². The summed E-state index contributed by atoms with van der Waals surface area (Å²) in [5.41, 5.74) is 1.04. The van der Waals surface area contributed by atoms with E-state index in [0.717, 1.165) is 36.1 Å². The van der Waals surface area contributed by atoms with Gasteiger partial charge in [-0.05, 0) is 80.2 Å². The molecule has 2 aliphatic heterocycles. The maximum atomic E-state index is 13.2. The quantitative estimate of drug-likeness (QED) is 0.773. The first kappa shape index (κ1) is 20.4. The van der Waals surface area contributed by atoms with E-state index in [1.807, 2.05) is 18.2 Å². The van der Waals surface area contributed by atoms with E-state index in [0.29, 0.717) is 23.0 Å². The van der Waals surface area contributed by atoms with Crippen molar-refractivity contribution in [3.63, 3.8) is 0 Å². The number of carbonyl (C=O) groups is 1. The lowest BCUT2D eigenvalue weighted by Crippen LogP contribution is -2.56. The SMILES string of the molecule is CC1(C)[C@H]2CCC(CN3[C@@H]4CC[C@H]3CC(n3c(=O)c(C(=O)O)nc5ccccc53)C4)[C@@H]1C2. The van der Waals surface area contributed by atoms with Crippen LogP contribution in [0.25, 0.3) is 11.0 Å². The standard InChI is InChI=1S/C26H33N3O3/c1-26(2)16-8-7-15(20(26)11-16)14-28-17-9-10-18(28)13-19(12-17)29-22-6-4-3-5-21(22)27-23(24(29)30)25(31)32/h3-6,15-20H,7-14H2,1-2H3,(H,31,32)/t15?,16-,17-,18+,19?,20-/m0/s1. The molecule has 5 fully saturated rings. The number of hydrogen-bond acceptors (Lipinski definition) is 4. The molecule has 2 aromatic rings. The van der Waals surface area contributed by atoms with Crippen LogP contribution < -0.4 is 5.56 Å². The number of para-hydroxylation sites is 2. The Balaban J connectivity index is 1.29. The zero-order valence-corrected chi connectivity index (χ0v) is 19.0. The summed E-state index contributed by atoms with van der Waals surface area (Å²) < 4.78 is 1.76. The van der Waals surface area contributed by atoms with Crippen molar-refractivity contribution in [2.75, 3.05) is 6.54 Å². The second-order valence-electron chi connectivity index (χ2n) is 11.3. The number of benzene rings is 1. The summed E-state index contributed by atoms with van der Waals surface area (Å²) >= 11 is 0. The Labute approximate surface area is 188 Å². The minimum absolute atomic E-state index is 0.0399. The highest BCUT2D eigenvalue weighted by Gasteiger charge is 2.55. The molecule has 6 atom stereocenters. The number of nitrogens with zero attached hydrogens (tertiary/aromatic N) is 3. The molecule has 4 bridgehead atoms. The maximum Gasteiger partial charge on any atom is 0.360 e. The van der Waals surface area contributed by atoms with Crippen LogP contribution in [0.15, 0.2) is 29.1 Å². The van der Waals surface area contributed by atoms with Gasteiger partial charge < -0.3 is 9.67 Å². The van der Waals surface area contributed by atoms with Crippen molar-refractivity contribution >= 4 is 17.0 Å². The van der Waals surface area contributed by atoms with Gasteiger partial charge in [0.25, 0.3) is 5.56 Å². The van der Waals surface area contributed by atoms with E-state index < -0.39 is 11.5 Å². The lowest BCUT2D eigenvalue weighted by molar-refractivity contribution is -0.116. The maximum absolute atomic E-state index is 13.2. The van der Waals surface area contributed by atoms with Gasteiger partial charge >= 0.3 is 5.97 Å². The Morgan fingerprint density at radius 3 is 2.44 bits per heavy atom. The number of carboxylic acid groups (broad SMARTS) is 1. The van der Waals surface area contributed by atoms with E-state index in [1.54, 1.807) is 10.6 Å². The molecule has 6 heteroatoms. The average molecular weight is 436 g/mol. The van der Waals surface area contributed by atoms with Crippen molar-refractivity contribution in [2.45, 2.75) is 76.9 Å². The third-order valence-corrected chi connectivity index (χ3v) is 9.67. The highest BCUT2D eigenvalue weighted by Crippen LogP contribution is 2.61. The third-order valence-electron chi connectivity index (χ3n) is 9.67. The van der Waals surface area contributed by atoms with Gasteiger partial charge in [-0.3, -0.25) is 9.69 Å². The van der Waals surface area contributed by atoms with E-state index in [9.17, 15) is 14.7 Å². The van der Waals surface area contributed by atoms with Crippen LogP contribution in [0.5, 0.6) is 0 Å². The summed E-state index contributed by atoms with van der Waals surface area (Å²) in [4.78, 5) is 31.8. The van der Waals surface area contributed by atoms with E-state index in [1.165, 1.54) is 38.6 Å². The summed E-state index contributed by atoms with van der Waals surface area (Å²) in [5.74, 6) is 1.36. The Kier molecular flexibility index (Phi) is 4.55. The van der Waals surface area contributed by atoms with E-state index in [-0.39, 0.29) is 11.7 Å². The molecular formula is C26H33N3O3. The first-order valence-corrected chi connectivity index (χ1v) is 12.3. The Bertz CT molecular complexity index is 1120. The lowest BCUT2D eigenvalue weighted by Gasteiger charge is -2.61. The van der Waals surface area contributed by atoms with Crippen LogP contribution in [-0.2, 0) is 0 Å². The van der Waals surface area contributed by atoms with Gasteiger partial charge in [-0.1, -0.05) is 26.0 Å². The fraction of sp³-hybridized carbons (Fsp3) is 0.654. The number of hydrogen-bond donors (Lipinski definition) is 1. The molecule has 1 aromatic heterocycles. The van der Waals surface area contributed by atoms with Crippen LogP contribution in [-0.4, -0.2) is 44.2 Å². The predicted molar refractivity (Wildman–Crippen MR) is 123 cm³/mol. The first-order valence-electron chi connectivity index (χ1n) is 12.3. The van der Waals surface area contributed by atoms with Gasteiger partial charge in [-0.15, -0.1) is 0 Å². The minimum atomic E-state index is -1.24. The van der Waals surface area contributed by atoms with E-state index in [2.05, 4.69) is 23.7 Å². The molecule has 5 aliphatic rings. The van der Waals surface area contributed by atoms with Crippen LogP contribution in [0.1, 0.15) is 75.3 Å². The number of rotatable bonds is 4. The van der Waals surface area contributed by atoms with Gasteiger partial charge in [0, 0.05) is 24.7 Å². The molecule has 1 N–H and O–H groups in total. The summed E-state index contributed by atoms with van der Waals surface area (Å²) in [6.45, 7) is 6.15. The van der Waals surface area contributed by atoms with Crippen molar-refractivity contribution in [2.24, 2.45) is 23.2 Å². The molecule has 32 heavy (non-hydrogen) atoms. The number of aromatic carboxylic acids is 1. The Morgan fingerprint density at radius 1 is 1.06 bits per heavy atom. The van der Waals surface area contributed by atoms with Crippen molar-refractivity contribution in [1.82, 2.24) is 14.5 Å². The number of piperidine rings is 1. The molecule has 3 heterocycles. The molecule has 3 aliphatic carbocycles. The van der Waals surface area contributed by atoms with Gasteiger partial charge in [-0.2, -0.15) is 0 Å². The van der Waals surface area contributed by atoms with Crippen LogP contribution >= 0.6 is 0 Å². The van der Waals surface area contributed by atoms with Crippen LogP contribution in [0.2, 0.25) is 0 Å². The molecule has 2 saturated heterocycles. The van der Waals surface area contributed by atoms with E-state index >= 15 is 0 Å². The van der Waals surface area contributed by atoms with Gasteiger partial charge in [-0.25, -0.2) is 9.78 Å². The topological polar surface area (TPSA) is 75.4 Å².